The zero-order valence-electron chi connectivity index (χ0n) is 12.6. The van der Waals surface area contributed by atoms with Crippen molar-refractivity contribution >= 4 is 10.0 Å². The number of benzene rings is 1. The molecule has 0 aliphatic carbocycles. The molecule has 0 bridgehead atoms. The Labute approximate surface area is 121 Å². The number of ether oxygens (including phenoxy) is 1. The first-order valence-corrected chi connectivity index (χ1v) is 8.41. The van der Waals surface area contributed by atoms with Crippen LogP contribution in [0.1, 0.15) is 39.7 Å². The molecule has 1 atom stereocenters. The molecule has 1 aromatic rings. The minimum absolute atomic E-state index is 0.0177. The molecule has 0 radical (unpaired) electrons. The molecule has 0 spiro atoms. The van der Waals surface area contributed by atoms with E-state index in [4.69, 9.17) is 4.74 Å². The van der Waals surface area contributed by atoms with Crippen LogP contribution in [0.4, 0.5) is 0 Å². The summed E-state index contributed by atoms with van der Waals surface area (Å²) in [6.07, 6.45) is 0.347. The molecule has 2 rings (SSSR count). The van der Waals surface area contributed by atoms with Gasteiger partial charge in [0, 0.05) is 13.2 Å². The summed E-state index contributed by atoms with van der Waals surface area (Å²) in [4.78, 5) is 0.336. The highest BCUT2D eigenvalue weighted by Gasteiger charge is 2.31. The van der Waals surface area contributed by atoms with Gasteiger partial charge >= 0.3 is 0 Å². The monoisotopic (exact) mass is 297 g/mol. The van der Waals surface area contributed by atoms with Gasteiger partial charge in [0.05, 0.1) is 4.90 Å². The zero-order chi connectivity index (χ0) is 15.0. The molecular formula is C15H23NO3S. The molecule has 1 unspecified atom stereocenters. The normalized spacial score (nSPS) is 21.9. The fraction of sp³-hybridized carbons (Fsp3) is 0.600. The van der Waals surface area contributed by atoms with Crippen LogP contribution in [-0.2, 0) is 20.2 Å². The van der Waals surface area contributed by atoms with Gasteiger partial charge in [0.2, 0.25) is 10.0 Å². The van der Waals surface area contributed by atoms with Gasteiger partial charge in [-0.25, -0.2) is 8.42 Å². The second-order valence-electron chi connectivity index (χ2n) is 6.21. The van der Waals surface area contributed by atoms with Crippen LogP contribution in [0.2, 0.25) is 0 Å². The number of hydrogen-bond acceptors (Lipinski definition) is 3. The maximum absolute atomic E-state index is 12.6. The molecule has 4 nitrogen and oxygen atoms in total. The van der Waals surface area contributed by atoms with Crippen LogP contribution in [0.5, 0.6) is 0 Å². The minimum Gasteiger partial charge on any atom is -0.362 e. The summed E-state index contributed by atoms with van der Waals surface area (Å²) in [6.45, 7) is 9.24. The third-order valence-electron chi connectivity index (χ3n) is 3.61. The fourth-order valence-corrected chi connectivity index (χ4v) is 3.89. The quantitative estimate of drug-likeness (QED) is 0.843. The number of sulfonamides is 1. The van der Waals surface area contributed by atoms with Crippen molar-refractivity contribution in [1.29, 1.82) is 0 Å². The molecule has 1 aliphatic heterocycles. The van der Waals surface area contributed by atoms with Crippen LogP contribution in [0.3, 0.4) is 0 Å². The Kier molecular flexibility index (Phi) is 4.23. The van der Waals surface area contributed by atoms with Crippen molar-refractivity contribution in [2.75, 3.05) is 13.2 Å². The zero-order valence-corrected chi connectivity index (χ0v) is 13.4. The van der Waals surface area contributed by atoms with Gasteiger partial charge < -0.3 is 4.74 Å². The summed E-state index contributed by atoms with van der Waals surface area (Å²) >= 11 is 0. The van der Waals surface area contributed by atoms with E-state index in [1.807, 2.05) is 12.1 Å². The van der Waals surface area contributed by atoms with Gasteiger partial charge in [0.1, 0.15) is 6.23 Å². The lowest BCUT2D eigenvalue weighted by molar-refractivity contribution is -0.0410. The molecule has 1 saturated heterocycles. The van der Waals surface area contributed by atoms with Crippen LogP contribution < -0.4 is 0 Å². The molecular weight excluding hydrogens is 274 g/mol. The second-order valence-corrected chi connectivity index (χ2v) is 8.10. The van der Waals surface area contributed by atoms with Crippen molar-refractivity contribution in [3.05, 3.63) is 29.8 Å². The highest BCUT2D eigenvalue weighted by Crippen LogP contribution is 2.26. The van der Waals surface area contributed by atoms with Gasteiger partial charge in [0.25, 0.3) is 0 Å². The van der Waals surface area contributed by atoms with Crippen LogP contribution in [0.15, 0.2) is 29.2 Å². The van der Waals surface area contributed by atoms with E-state index in [0.717, 1.165) is 12.0 Å². The highest BCUT2D eigenvalue weighted by molar-refractivity contribution is 7.89. The topological polar surface area (TPSA) is 46.6 Å². The lowest BCUT2D eigenvalue weighted by Crippen LogP contribution is -2.44. The second kappa shape index (κ2) is 5.47. The molecule has 0 saturated carbocycles. The smallest absolute Gasteiger partial charge is 0.245 e. The maximum atomic E-state index is 12.6. The Morgan fingerprint density at radius 1 is 1.20 bits per heavy atom. The van der Waals surface area contributed by atoms with E-state index in [0.29, 0.717) is 18.0 Å². The molecule has 5 heteroatoms. The Balaban J connectivity index is 2.30. The van der Waals surface area contributed by atoms with Crippen LogP contribution in [0.25, 0.3) is 0 Å². The Hall–Kier alpha value is -0.910. The van der Waals surface area contributed by atoms with E-state index in [2.05, 4.69) is 20.8 Å². The summed E-state index contributed by atoms with van der Waals surface area (Å²) < 4.78 is 32.1. The molecule has 1 aromatic carbocycles. The molecule has 1 fully saturated rings. The van der Waals surface area contributed by atoms with E-state index < -0.39 is 16.3 Å². The average Bonchev–Trinajstić information content (AvgIpc) is 2.38. The fourth-order valence-electron chi connectivity index (χ4n) is 2.32. The van der Waals surface area contributed by atoms with Gasteiger partial charge in [-0.1, -0.05) is 32.9 Å². The lowest BCUT2D eigenvalue weighted by atomic mass is 9.87. The van der Waals surface area contributed by atoms with Crippen LogP contribution in [-0.4, -0.2) is 32.1 Å². The Morgan fingerprint density at radius 3 is 2.30 bits per heavy atom. The first kappa shape index (κ1) is 15.5. The Bertz CT molecular complexity index is 558. The van der Waals surface area contributed by atoms with Gasteiger partial charge in [-0.05, 0) is 36.5 Å². The third-order valence-corrected chi connectivity index (χ3v) is 5.58. The first-order valence-electron chi connectivity index (χ1n) is 6.97. The SMILES string of the molecule is CC1OCCCN1S(=O)(=O)c1ccc(C(C)(C)C)cc1. The number of hydrogen-bond donors (Lipinski definition) is 0. The summed E-state index contributed by atoms with van der Waals surface area (Å²) in [5.74, 6) is 0. The van der Waals surface area contributed by atoms with Gasteiger partial charge in [-0.15, -0.1) is 0 Å². The molecule has 1 heterocycles. The van der Waals surface area contributed by atoms with E-state index in [9.17, 15) is 8.42 Å². The van der Waals surface area contributed by atoms with Gasteiger partial charge in [-0.2, -0.15) is 4.31 Å². The lowest BCUT2D eigenvalue weighted by Gasteiger charge is -2.32. The predicted octanol–water partition coefficient (Wildman–Crippen LogP) is 2.74. The molecule has 1 aliphatic rings. The van der Waals surface area contributed by atoms with Crippen molar-refractivity contribution < 1.29 is 13.2 Å². The average molecular weight is 297 g/mol. The van der Waals surface area contributed by atoms with Crippen molar-refractivity contribution in [2.24, 2.45) is 0 Å². The summed E-state index contributed by atoms with van der Waals surface area (Å²) in [5.41, 5.74) is 1.14. The molecule has 0 aromatic heterocycles. The summed E-state index contributed by atoms with van der Waals surface area (Å²) in [7, 11) is -3.47. The number of nitrogens with zero attached hydrogens (tertiary/aromatic N) is 1. The summed E-state index contributed by atoms with van der Waals surface area (Å²) in [5, 5.41) is 0. The molecule has 0 N–H and O–H groups in total. The van der Waals surface area contributed by atoms with Gasteiger partial charge in [0.15, 0.2) is 0 Å². The van der Waals surface area contributed by atoms with Gasteiger partial charge in [-0.3, -0.25) is 0 Å². The van der Waals surface area contributed by atoms with Crippen molar-refractivity contribution in [3.8, 4) is 0 Å². The summed E-state index contributed by atoms with van der Waals surface area (Å²) in [6, 6.07) is 7.17. The molecule has 20 heavy (non-hydrogen) atoms. The van der Waals surface area contributed by atoms with Crippen LogP contribution >= 0.6 is 0 Å². The minimum atomic E-state index is -3.47. The molecule has 0 amide bonds. The standard InChI is InChI=1S/C15H23NO3S/c1-12-16(10-5-11-19-12)20(17,18)14-8-6-13(7-9-14)15(2,3)4/h6-9,12H,5,10-11H2,1-4H3. The third kappa shape index (κ3) is 3.05. The maximum Gasteiger partial charge on any atom is 0.245 e. The van der Waals surface area contributed by atoms with E-state index in [-0.39, 0.29) is 5.41 Å². The van der Waals surface area contributed by atoms with Crippen molar-refractivity contribution in [1.82, 2.24) is 4.31 Å². The molecule has 112 valence electrons. The number of rotatable bonds is 2. The van der Waals surface area contributed by atoms with Crippen molar-refractivity contribution in [2.45, 2.75) is 50.7 Å². The van der Waals surface area contributed by atoms with Crippen molar-refractivity contribution in [3.63, 3.8) is 0 Å². The van der Waals surface area contributed by atoms with E-state index >= 15 is 0 Å². The van der Waals surface area contributed by atoms with Crippen LogP contribution in [0, 0.1) is 0 Å². The predicted molar refractivity (Wildman–Crippen MR) is 79.1 cm³/mol. The highest BCUT2D eigenvalue weighted by atomic mass is 32.2. The Morgan fingerprint density at radius 2 is 1.80 bits per heavy atom. The van der Waals surface area contributed by atoms with E-state index in [1.54, 1.807) is 19.1 Å². The van der Waals surface area contributed by atoms with E-state index in [1.165, 1.54) is 4.31 Å². The first-order chi connectivity index (χ1) is 9.23. The largest absolute Gasteiger partial charge is 0.362 e.